The Morgan fingerprint density at radius 3 is 2.09 bits per heavy atom. The number of benzene rings is 2. The maximum Gasteiger partial charge on any atom is 0.352 e. The van der Waals surface area contributed by atoms with Crippen LogP contribution in [0.25, 0.3) is 0 Å². The van der Waals surface area contributed by atoms with E-state index < -0.39 is 18.0 Å². The maximum atomic E-state index is 12.0. The van der Waals surface area contributed by atoms with Crippen LogP contribution < -0.4 is 9.47 Å². The average Bonchev–Trinajstić information content (AvgIpc) is 2.56. The van der Waals surface area contributed by atoms with E-state index in [4.69, 9.17) is 21.1 Å². The molecular weight excluding hydrogens is 320 g/mol. The average molecular weight is 335 g/mol. The van der Waals surface area contributed by atoms with Crippen molar-refractivity contribution in [2.24, 2.45) is 0 Å². The zero-order valence-corrected chi connectivity index (χ0v) is 13.4. The van der Waals surface area contributed by atoms with E-state index in [-0.39, 0.29) is 0 Å². The minimum atomic E-state index is -0.795. The van der Waals surface area contributed by atoms with Crippen LogP contribution in [0.1, 0.15) is 17.3 Å². The van der Waals surface area contributed by atoms with Gasteiger partial charge in [-0.05, 0) is 55.5 Å². The van der Waals surface area contributed by atoms with Gasteiger partial charge in [0.05, 0.1) is 12.7 Å². The monoisotopic (exact) mass is 334 g/mol. The highest BCUT2D eigenvalue weighted by Gasteiger charge is 2.17. The first-order chi connectivity index (χ1) is 11.0. The molecule has 0 spiro atoms. The second-order valence-corrected chi connectivity index (χ2v) is 5.09. The second kappa shape index (κ2) is 7.65. The molecule has 0 bridgehead atoms. The van der Waals surface area contributed by atoms with Gasteiger partial charge in [0.25, 0.3) is 0 Å². The van der Waals surface area contributed by atoms with Crippen molar-refractivity contribution in [1.82, 2.24) is 0 Å². The Bertz CT molecular complexity index is 679. The van der Waals surface area contributed by atoms with Crippen molar-refractivity contribution in [1.29, 1.82) is 0 Å². The van der Waals surface area contributed by atoms with Gasteiger partial charge < -0.3 is 14.2 Å². The molecule has 0 saturated heterocycles. The van der Waals surface area contributed by atoms with E-state index >= 15 is 0 Å². The number of hydrogen-bond acceptors (Lipinski definition) is 5. The van der Waals surface area contributed by atoms with Crippen molar-refractivity contribution in [2.45, 2.75) is 13.0 Å². The largest absolute Gasteiger partial charge is 0.479 e. The smallest absolute Gasteiger partial charge is 0.352 e. The van der Waals surface area contributed by atoms with Crippen molar-refractivity contribution in [3.63, 3.8) is 0 Å². The Labute approximate surface area is 138 Å². The highest BCUT2D eigenvalue weighted by atomic mass is 35.5. The van der Waals surface area contributed by atoms with Gasteiger partial charge in [0.2, 0.25) is 0 Å². The van der Waals surface area contributed by atoms with E-state index in [1.54, 1.807) is 31.2 Å². The number of ether oxygens (including phenoxy) is 3. The van der Waals surface area contributed by atoms with Crippen molar-refractivity contribution >= 4 is 23.5 Å². The van der Waals surface area contributed by atoms with Gasteiger partial charge in [-0.3, -0.25) is 0 Å². The summed E-state index contributed by atoms with van der Waals surface area (Å²) in [5.74, 6) is -0.179. The van der Waals surface area contributed by atoms with Gasteiger partial charge in [0.15, 0.2) is 6.10 Å². The lowest BCUT2D eigenvalue weighted by atomic mass is 10.2. The van der Waals surface area contributed by atoms with Crippen LogP contribution in [0, 0.1) is 0 Å². The molecule has 0 N–H and O–H groups in total. The second-order valence-electron chi connectivity index (χ2n) is 4.65. The molecule has 2 rings (SSSR count). The molecule has 1 unspecified atom stereocenters. The lowest BCUT2D eigenvalue weighted by molar-refractivity contribution is -0.141. The highest BCUT2D eigenvalue weighted by molar-refractivity contribution is 6.30. The highest BCUT2D eigenvalue weighted by Crippen LogP contribution is 2.18. The first-order valence-electron chi connectivity index (χ1n) is 6.82. The summed E-state index contributed by atoms with van der Waals surface area (Å²) in [4.78, 5) is 23.3. The number of rotatable bonds is 5. The van der Waals surface area contributed by atoms with Crippen LogP contribution in [-0.2, 0) is 9.53 Å². The maximum absolute atomic E-state index is 12.0. The van der Waals surface area contributed by atoms with E-state index in [0.29, 0.717) is 22.1 Å². The van der Waals surface area contributed by atoms with Crippen molar-refractivity contribution in [3.8, 4) is 11.5 Å². The minimum Gasteiger partial charge on any atom is -0.479 e. The molecule has 2 aromatic carbocycles. The van der Waals surface area contributed by atoms with Crippen LogP contribution in [0.15, 0.2) is 48.5 Å². The SMILES string of the molecule is COC(=O)c1ccc(OC(=O)C(C)Oc2ccc(Cl)cc2)cc1. The van der Waals surface area contributed by atoms with Crippen molar-refractivity contribution < 1.29 is 23.8 Å². The Morgan fingerprint density at radius 2 is 1.52 bits per heavy atom. The standard InChI is InChI=1S/C17H15ClO5/c1-11(22-14-9-5-13(18)6-10-14)16(19)23-15-7-3-12(4-8-15)17(20)21-2/h3-11H,1-2H3. The molecule has 0 aliphatic carbocycles. The van der Waals surface area contributed by atoms with Crippen LogP contribution in [0.3, 0.4) is 0 Å². The summed E-state index contributed by atoms with van der Waals surface area (Å²) < 4.78 is 15.3. The molecule has 2 aromatic rings. The normalized spacial score (nSPS) is 11.4. The molecule has 5 nitrogen and oxygen atoms in total. The fourth-order valence-corrected chi connectivity index (χ4v) is 1.87. The van der Waals surface area contributed by atoms with Gasteiger partial charge in [-0.15, -0.1) is 0 Å². The molecular formula is C17H15ClO5. The van der Waals surface area contributed by atoms with Gasteiger partial charge in [0, 0.05) is 5.02 Å². The van der Waals surface area contributed by atoms with E-state index in [2.05, 4.69) is 4.74 Å². The molecule has 6 heteroatoms. The quantitative estimate of drug-likeness (QED) is 0.618. The van der Waals surface area contributed by atoms with Crippen LogP contribution in [0.2, 0.25) is 5.02 Å². The lowest BCUT2D eigenvalue weighted by Crippen LogP contribution is -2.28. The summed E-state index contributed by atoms with van der Waals surface area (Å²) in [6.45, 7) is 1.58. The van der Waals surface area contributed by atoms with Gasteiger partial charge in [0.1, 0.15) is 11.5 Å². The first-order valence-corrected chi connectivity index (χ1v) is 7.19. The predicted molar refractivity (Wildman–Crippen MR) is 85.0 cm³/mol. The molecule has 0 fully saturated rings. The van der Waals surface area contributed by atoms with Crippen molar-refractivity contribution in [2.75, 3.05) is 7.11 Å². The lowest BCUT2D eigenvalue weighted by Gasteiger charge is -2.14. The minimum absolute atomic E-state index is 0.314. The molecule has 0 heterocycles. The summed E-state index contributed by atoms with van der Waals surface area (Å²) in [5.41, 5.74) is 0.373. The van der Waals surface area contributed by atoms with E-state index in [1.807, 2.05) is 0 Å². The molecule has 0 saturated carbocycles. The first kappa shape index (κ1) is 16.8. The third-order valence-electron chi connectivity index (χ3n) is 2.95. The number of methoxy groups -OCH3 is 1. The summed E-state index contributed by atoms with van der Waals surface area (Å²) >= 11 is 5.78. The summed E-state index contributed by atoms with van der Waals surface area (Å²) in [6, 6.07) is 12.7. The fraction of sp³-hybridized carbons (Fsp3) is 0.176. The molecule has 120 valence electrons. The predicted octanol–water partition coefficient (Wildman–Crippen LogP) is 3.50. The van der Waals surface area contributed by atoms with Gasteiger partial charge >= 0.3 is 11.9 Å². The Morgan fingerprint density at radius 1 is 0.957 bits per heavy atom. The van der Waals surface area contributed by atoms with Crippen LogP contribution in [-0.4, -0.2) is 25.2 Å². The Hall–Kier alpha value is -2.53. The number of carbonyl (C=O) groups excluding carboxylic acids is 2. The molecule has 0 aliphatic rings. The molecule has 0 radical (unpaired) electrons. The number of halogens is 1. The fourth-order valence-electron chi connectivity index (χ4n) is 1.74. The molecule has 0 aliphatic heterocycles. The van der Waals surface area contributed by atoms with Crippen LogP contribution in [0.4, 0.5) is 0 Å². The van der Waals surface area contributed by atoms with Gasteiger partial charge in [-0.1, -0.05) is 11.6 Å². The van der Waals surface area contributed by atoms with Gasteiger partial charge in [-0.25, -0.2) is 9.59 Å². The number of carbonyl (C=O) groups is 2. The topological polar surface area (TPSA) is 61.8 Å². The number of esters is 2. The molecule has 1 atom stereocenters. The molecule has 23 heavy (non-hydrogen) atoms. The summed E-state index contributed by atoms with van der Waals surface area (Å²) in [5, 5.41) is 0.582. The number of hydrogen-bond donors (Lipinski definition) is 0. The Balaban J connectivity index is 1.95. The summed E-state index contributed by atoms with van der Waals surface area (Å²) in [7, 11) is 1.30. The molecule has 0 amide bonds. The van der Waals surface area contributed by atoms with E-state index in [0.717, 1.165) is 0 Å². The van der Waals surface area contributed by atoms with Crippen LogP contribution >= 0.6 is 11.6 Å². The third-order valence-corrected chi connectivity index (χ3v) is 3.20. The summed E-state index contributed by atoms with van der Waals surface area (Å²) in [6.07, 6.45) is -0.795. The van der Waals surface area contributed by atoms with Crippen molar-refractivity contribution in [3.05, 3.63) is 59.1 Å². The molecule has 0 aromatic heterocycles. The zero-order valence-electron chi connectivity index (χ0n) is 12.6. The van der Waals surface area contributed by atoms with Crippen LogP contribution in [0.5, 0.6) is 11.5 Å². The van der Waals surface area contributed by atoms with E-state index in [9.17, 15) is 9.59 Å². The zero-order chi connectivity index (χ0) is 16.8. The van der Waals surface area contributed by atoms with Gasteiger partial charge in [-0.2, -0.15) is 0 Å². The third kappa shape index (κ3) is 4.72. The Kier molecular flexibility index (Phi) is 5.60. The van der Waals surface area contributed by atoms with E-state index in [1.165, 1.54) is 31.4 Å².